The summed E-state index contributed by atoms with van der Waals surface area (Å²) in [6.45, 7) is 0.224. The molecule has 0 saturated carbocycles. The van der Waals surface area contributed by atoms with Gasteiger partial charge < -0.3 is 15.2 Å². The summed E-state index contributed by atoms with van der Waals surface area (Å²) in [5.74, 6) is 0.299. The molecule has 2 heterocycles. The van der Waals surface area contributed by atoms with Crippen LogP contribution < -0.4 is 10.5 Å². The molecule has 2 aromatic rings. The van der Waals surface area contributed by atoms with Crippen molar-refractivity contribution in [2.45, 2.75) is 5.54 Å². The number of ether oxygens (including phenoxy) is 2. The molecule has 2 aliphatic rings. The molecule has 2 aliphatic heterocycles. The Morgan fingerprint density at radius 3 is 2.86 bits per heavy atom. The van der Waals surface area contributed by atoms with Crippen LogP contribution in [-0.4, -0.2) is 12.6 Å². The average molecular weight is 349 g/mol. The molecule has 4 nitrogen and oxygen atoms in total. The fraction of sp³-hybridized carbons (Fsp3) is 0.133. The van der Waals surface area contributed by atoms with Crippen molar-refractivity contribution < 1.29 is 13.9 Å². The third kappa shape index (κ3) is 1.68. The van der Waals surface area contributed by atoms with Crippen LogP contribution in [0.5, 0.6) is 11.5 Å². The van der Waals surface area contributed by atoms with E-state index in [-0.39, 0.29) is 18.4 Å². The van der Waals surface area contributed by atoms with Gasteiger partial charge in [-0.1, -0.05) is 28.1 Å². The van der Waals surface area contributed by atoms with Gasteiger partial charge in [0.25, 0.3) is 6.02 Å². The van der Waals surface area contributed by atoms with Gasteiger partial charge in [-0.15, -0.1) is 0 Å². The van der Waals surface area contributed by atoms with Crippen LogP contribution in [0.3, 0.4) is 0 Å². The Bertz CT molecular complexity index is 789. The lowest BCUT2D eigenvalue weighted by Gasteiger charge is -2.33. The molecule has 106 valence electrons. The van der Waals surface area contributed by atoms with Gasteiger partial charge in [0, 0.05) is 15.6 Å². The first-order valence-corrected chi connectivity index (χ1v) is 7.14. The normalized spacial score (nSPS) is 22.1. The summed E-state index contributed by atoms with van der Waals surface area (Å²) in [6, 6.07) is 10.4. The van der Waals surface area contributed by atoms with Gasteiger partial charge in [-0.3, -0.25) is 0 Å². The molecule has 1 atom stereocenters. The van der Waals surface area contributed by atoms with Crippen molar-refractivity contribution in [3.63, 3.8) is 0 Å². The van der Waals surface area contributed by atoms with E-state index in [0.717, 1.165) is 10.0 Å². The number of rotatable bonds is 0. The number of benzene rings is 2. The molecule has 0 aromatic heterocycles. The summed E-state index contributed by atoms with van der Waals surface area (Å²) >= 11 is 3.44. The van der Waals surface area contributed by atoms with Gasteiger partial charge in [0.15, 0.2) is 17.1 Å². The maximum Gasteiger partial charge on any atom is 0.283 e. The Hall–Kier alpha value is -2.08. The first-order valence-electron chi connectivity index (χ1n) is 6.35. The SMILES string of the molecule is NC1=N[C@]2(CO1)c1cc(Br)ccc1Oc1c(F)cccc12. The number of halogens is 2. The highest BCUT2D eigenvalue weighted by atomic mass is 79.9. The van der Waals surface area contributed by atoms with E-state index in [4.69, 9.17) is 15.2 Å². The highest BCUT2D eigenvalue weighted by molar-refractivity contribution is 9.10. The minimum absolute atomic E-state index is 0.0954. The van der Waals surface area contributed by atoms with E-state index >= 15 is 0 Å². The van der Waals surface area contributed by atoms with Crippen molar-refractivity contribution in [3.05, 3.63) is 57.8 Å². The summed E-state index contributed by atoms with van der Waals surface area (Å²) < 4.78 is 26.1. The van der Waals surface area contributed by atoms with E-state index in [1.165, 1.54) is 6.07 Å². The van der Waals surface area contributed by atoms with Gasteiger partial charge in [0.2, 0.25) is 0 Å². The molecule has 21 heavy (non-hydrogen) atoms. The standard InChI is InChI=1S/C15H10BrFN2O2/c16-8-4-5-12-10(6-8)15(7-20-14(18)19-15)9-2-1-3-11(17)13(9)21-12/h1-6H,7H2,(H2,18,19)/t15-/m0/s1. The molecule has 6 heteroatoms. The second-order valence-corrected chi connectivity index (χ2v) is 5.87. The number of fused-ring (bicyclic) bond motifs is 4. The van der Waals surface area contributed by atoms with Crippen LogP contribution in [-0.2, 0) is 10.3 Å². The van der Waals surface area contributed by atoms with Crippen LogP contribution in [0.25, 0.3) is 0 Å². The van der Waals surface area contributed by atoms with Gasteiger partial charge in [-0.25, -0.2) is 9.38 Å². The van der Waals surface area contributed by atoms with Crippen molar-refractivity contribution in [1.29, 1.82) is 0 Å². The third-order valence-electron chi connectivity index (χ3n) is 3.74. The predicted octanol–water partition coefficient (Wildman–Crippen LogP) is 3.28. The highest BCUT2D eigenvalue weighted by Crippen LogP contribution is 2.51. The van der Waals surface area contributed by atoms with E-state index in [1.807, 2.05) is 12.1 Å². The smallest absolute Gasteiger partial charge is 0.283 e. The summed E-state index contributed by atoms with van der Waals surface area (Å²) in [6.07, 6.45) is 0. The maximum absolute atomic E-state index is 14.1. The molecule has 4 rings (SSSR count). The molecular weight excluding hydrogens is 339 g/mol. The zero-order valence-corrected chi connectivity index (χ0v) is 12.4. The topological polar surface area (TPSA) is 56.8 Å². The van der Waals surface area contributed by atoms with Gasteiger partial charge in [-0.05, 0) is 24.3 Å². The zero-order chi connectivity index (χ0) is 14.6. The van der Waals surface area contributed by atoms with Crippen molar-refractivity contribution in [3.8, 4) is 11.5 Å². The first-order chi connectivity index (χ1) is 10.1. The molecule has 0 amide bonds. The van der Waals surface area contributed by atoms with Crippen molar-refractivity contribution in [2.24, 2.45) is 10.7 Å². The molecule has 0 fully saturated rings. The fourth-order valence-corrected chi connectivity index (χ4v) is 3.18. The lowest BCUT2D eigenvalue weighted by molar-refractivity contribution is 0.262. The van der Waals surface area contributed by atoms with Gasteiger partial charge in [0.05, 0.1) is 0 Å². The average Bonchev–Trinajstić information content (AvgIpc) is 2.85. The number of nitrogens with two attached hydrogens (primary N) is 1. The Morgan fingerprint density at radius 2 is 2.10 bits per heavy atom. The Balaban J connectivity index is 2.07. The molecule has 2 N–H and O–H groups in total. The summed E-state index contributed by atoms with van der Waals surface area (Å²) in [7, 11) is 0. The number of hydrogen-bond acceptors (Lipinski definition) is 4. The second-order valence-electron chi connectivity index (χ2n) is 4.96. The minimum Gasteiger partial charge on any atom is -0.462 e. The number of hydrogen-bond donors (Lipinski definition) is 1. The maximum atomic E-state index is 14.1. The molecule has 1 spiro atoms. The predicted molar refractivity (Wildman–Crippen MR) is 79.0 cm³/mol. The van der Waals surface area contributed by atoms with Crippen LogP contribution >= 0.6 is 15.9 Å². The van der Waals surface area contributed by atoms with Crippen LogP contribution in [0.15, 0.2) is 45.9 Å². The number of para-hydroxylation sites is 1. The Kier molecular flexibility index (Phi) is 2.53. The van der Waals surface area contributed by atoms with Gasteiger partial charge in [0.1, 0.15) is 12.4 Å². The molecule has 0 saturated heterocycles. The number of amidine groups is 1. The van der Waals surface area contributed by atoms with E-state index < -0.39 is 11.4 Å². The lowest BCUT2D eigenvalue weighted by Crippen LogP contribution is -2.31. The van der Waals surface area contributed by atoms with Crippen molar-refractivity contribution in [1.82, 2.24) is 0 Å². The lowest BCUT2D eigenvalue weighted by atomic mass is 9.81. The summed E-state index contributed by atoms with van der Waals surface area (Å²) in [5, 5.41) is 0. The summed E-state index contributed by atoms with van der Waals surface area (Å²) in [4.78, 5) is 4.45. The summed E-state index contributed by atoms with van der Waals surface area (Å²) in [5.41, 5.74) is 6.27. The number of nitrogens with zero attached hydrogens (tertiary/aromatic N) is 1. The Labute approximate surface area is 128 Å². The second kappa shape index (κ2) is 4.21. The largest absolute Gasteiger partial charge is 0.462 e. The van der Waals surface area contributed by atoms with Crippen molar-refractivity contribution in [2.75, 3.05) is 6.61 Å². The molecule has 0 bridgehead atoms. The quantitative estimate of drug-likeness (QED) is 0.794. The van der Waals surface area contributed by atoms with E-state index in [2.05, 4.69) is 20.9 Å². The number of aliphatic imine (C=N–C) groups is 1. The van der Waals surface area contributed by atoms with E-state index in [1.54, 1.807) is 18.2 Å². The highest BCUT2D eigenvalue weighted by Gasteiger charge is 2.47. The van der Waals surface area contributed by atoms with Crippen LogP contribution in [0.2, 0.25) is 0 Å². The zero-order valence-electron chi connectivity index (χ0n) is 10.8. The van der Waals surface area contributed by atoms with Crippen LogP contribution in [0.1, 0.15) is 11.1 Å². The monoisotopic (exact) mass is 348 g/mol. The molecule has 0 unspecified atom stereocenters. The van der Waals surface area contributed by atoms with Crippen LogP contribution in [0.4, 0.5) is 4.39 Å². The first kappa shape index (κ1) is 12.6. The Morgan fingerprint density at radius 1 is 1.24 bits per heavy atom. The molecule has 0 radical (unpaired) electrons. The van der Waals surface area contributed by atoms with E-state index in [0.29, 0.717) is 11.3 Å². The van der Waals surface area contributed by atoms with Gasteiger partial charge in [-0.2, -0.15) is 0 Å². The van der Waals surface area contributed by atoms with E-state index in [9.17, 15) is 4.39 Å². The minimum atomic E-state index is -0.862. The van der Waals surface area contributed by atoms with Gasteiger partial charge >= 0.3 is 0 Å². The fourth-order valence-electron chi connectivity index (χ4n) is 2.81. The molecular formula is C15H10BrFN2O2. The van der Waals surface area contributed by atoms with Crippen LogP contribution in [0, 0.1) is 5.82 Å². The molecule has 2 aromatic carbocycles. The third-order valence-corrected chi connectivity index (χ3v) is 4.24. The van der Waals surface area contributed by atoms with Crippen molar-refractivity contribution >= 4 is 22.0 Å². The molecule has 0 aliphatic carbocycles.